The minimum Gasteiger partial charge on any atom is -0.491 e. The van der Waals surface area contributed by atoms with Gasteiger partial charge in [-0.3, -0.25) is 0 Å². The second-order valence-corrected chi connectivity index (χ2v) is 4.90. The standard InChI is InChI=1S/C18H20O2/c1-3-5-14(2)20-18-10-9-16-12-15(6-4-11-19)7-8-17(16)13-18/h7-10,12-14,19H,3,5,11H2,1-2H3. The Morgan fingerprint density at radius 3 is 2.65 bits per heavy atom. The van der Waals surface area contributed by atoms with Crippen molar-refractivity contribution in [2.75, 3.05) is 6.61 Å². The Bertz CT molecular complexity index is 635. The maximum atomic E-state index is 8.71. The van der Waals surface area contributed by atoms with Gasteiger partial charge in [-0.2, -0.15) is 0 Å². The van der Waals surface area contributed by atoms with Crippen molar-refractivity contribution < 1.29 is 9.84 Å². The van der Waals surface area contributed by atoms with E-state index in [0.29, 0.717) is 0 Å². The lowest BCUT2D eigenvalue weighted by Gasteiger charge is -2.14. The van der Waals surface area contributed by atoms with Crippen LogP contribution in [0.4, 0.5) is 0 Å². The topological polar surface area (TPSA) is 29.5 Å². The van der Waals surface area contributed by atoms with E-state index in [9.17, 15) is 0 Å². The van der Waals surface area contributed by atoms with Crippen molar-refractivity contribution in [3.63, 3.8) is 0 Å². The summed E-state index contributed by atoms with van der Waals surface area (Å²) < 4.78 is 5.90. The molecule has 104 valence electrons. The highest BCUT2D eigenvalue weighted by molar-refractivity contribution is 5.85. The number of ether oxygens (including phenoxy) is 1. The number of hydrogen-bond acceptors (Lipinski definition) is 2. The van der Waals surface area contributed by atoms with Gasteiger partial charge in [-0.25, -0.2) is 0 Å². The van der Waals surface area contributed by atoms with Gasteiger partial charge in [0.25, 0.3) is 0 Å². The second-order valence-electron chi connectivity index (χ2n) is 4.90. The highest BCUT2D eigenvalue weighted by Crippen LogP contribution is 2.23. The van der Waals surface area contributed by atoms with E-state index in [0.717, 1.165) is 34.9 Å². The molecule has 1 unspecified atom stereocenters. The Balaban J connectivity index is 2.22. The molecule has 0 aliphatic rings. The molecule has 0 aliphatic heterocycles. The van der Waals surface area contributed by atoms with Gasteiger partial charge in [0.15, 0.2) is 0 Å². The lowest BCUT2D eigenvalue weighted by atomic mass is 10.1. The van der Waals surface area contributed by atoms with Crippen LogP contribution >= 0.6 is 0 Å². The second kappa shape index (κ2) is 6.98. The summed E-state index contributed by atoms with van der Waals surface area (Å²) in [5.41, 5.74) is 0.916. The third-order valence-electron chi connectivity index (χ3n) is 3.16. The number of fused-ring (bicyclic) bond motifs is 1. The zero-order valence-electron chi connectivity index (χ0n) is 12.0. The quantitative estimate of drug-likeness (QED) is 0.856. The predicted molar refractivity (Wildman–Crippen MR) is 82.9 cm³/mol. The van der Waals surface area contributed by atoms with Crippen molar-refractivity contribution >= 4 is 10.8 Å². The molecule has 0 amide bonds. The number of aliphatic hydroxyl groups is 1. The van der Waals surface area contributed by atoms with Crippen LogP contribution in [0.3, 0.4) is 0 Å². The Hall–Kier alpha value is -1.98. The van der Waals surface area contributed by atoms with Crippen LogP contribution in [0.25, 0.3) is 10.8 Å². The normalized spacial score (nSPS) is 11.8. The summed E-state index contributed by atoms with van der Waals surface area (Å²) in [6, 6.07) is 12.1. The van der Waals surface area contributed by atoms with Crippen molar-refractivity contribution in [1.82, 2.24) is 0 Å². The molecule has 2 heteroatoms. The fourth-order valence-electron chi connectivity index (χ4n) is 2.21. The first-order valence-corrected chi connectivity index (χ1v) is 7.03. The summed E-state index contributed by atoms with van der Waals surface area (Å²) in [7, 11) is 0. The summed E-state index contributed by atoms with van der Waals surface area (Å²) in [6.07, 6.45) is 2.43. The molecular weight excluding hydrogens is 248 g/mol. The van der Waals surface area contributed by atoms with Crippen LogP contribution in [0.1, 0.15) is 32.3 Å². The van der Waals surface area contributed by atoms with Gasteiger partial charge in [-0.05, 0) is 48.4 Å². The summed E-state index contributed by atoms with van der Waals surface area (Å²) in [6.45, 7) is 4.15. The largest absolute Gasteiger partial charge is 0.491 e. The van der Waals surface area contributed by atoms with Gasteiger partial charge >= 0.3 is 0 Å². The molecule has 2 rings (SSSR count). The Kier molecular flexibility index (Phi) is 5.03. The highest BCUT2D eigenvalue weighted by atomic mass is 16.5. The SMILES string of the molecule is CCCC(C)Oc1ccc2cc(C#CCO)ccc2c1. The fourth-order valence-corrected chi connectivity index (χ4v) is 2.21. The van der Waals surface area contributed by atoms with Crippen LogP contribution in [0, 0.1) is 11.8 Å². The molecular formula is C18H20O2. The molecule has 2 aromatic rings. The molecule has 0 fully saturated rings. The van der Waals surface area contributed by atoms with E-state index in [1.54, 1.807) is 0 Å². The smallest absolute Gasteiger partial charge is 0.120 e. The van der Waals surface area contributed by atoms with E-state index < -0.39 is 0 Å². The lowest BCUT2D eigenvalue weighted by Crippen LogP contribution is -2.10. The average molecular weight is 268 g/mol. The molecule has 0 aromatic heterocycles. The molecule has 0 spiro atoms. The van der Waals surface area contributed by atoms with Crippen molar-refractivity contribution in [2.45, 2.75) is 32.8 Å². The summed E-state index contributed by atoms with van der Waals surface area (Å²) in [5, 5.41) is 11.0. The number of aliphatic hydroxyl groups excluding tert-OH is 1. The minimum atomic E-state index is -0.111. The fraction of sp³-hybridized carbons (Fsp3) is 0.333. The molecule has 0 saturated heterocycles. The van der Waals surface area contributed by atoms with E-state index in [-0.39, 0.29) is 12.7 Å². The van der Waals surface area contributed by atoms with Gasteiger partial charge in [-0.15, -0.1) is 0 Å². The monoisotopic (exact) mass is 268 g/mol. The first kappa shape index (κ1) is 14.4. The predicted octanol–water partition coefficient (Wildman–Crippen LogP) is 3.75. The van der Waals surface area contributed by atoms with E-state index in [1.165, 1.54) is 0 Å². The highest BCUT2D eigenvalue weighted by Gasteiger charge is 2.03. The molecule has 1 atom stereocenters. The van der Waals surface area contributed by atoms with Crippen molar-refractivity contribution in [1.29, 1.82) is 0 Å². The number of benzene rings is 2. The van der Waals surface area contributed by atoms with Crippen LogP contribution in [0.5, 0.6) is 5.75 Å². The first-order valence-electron chi connectivity index (χ1n) is 7.03. The van der Waals surface area contributed by atoms with Crippen molar-refractivity contribution in [3.8, 4) is 17.6 Å². The maximum absolute atomic E-state index is 8.71. The summed E-state index contributed by atoms with van der Waals surface area (Å²) in [4.78, 5) is 0. The molecule has 0 heterocycles. The van der Waals surface area contributed by atoms with Gasteiger partial charge in [-0.1, -0.05) is 37.3 Å². The lowest BCUT2D eigenvalue weighted by molar-refractivity contribution is 0.210. The van der Waals surface area contributed by atoms with E-state index >= 15 is 0 Å². The average Bonchev–Trinajstić information content (AvgIpc) is 2.45. The van der Waals surface area contributed by atoms with Crippen molar-refractivity contribution in [3.05, 3.63) is 42.0 Å². The molecule has 1 N–H and O–H groups in total. The van der Waals surface area contributed by atoms with Gasteiger partial charge < -0.3 is 9.84 Å². The molecule has 2 nitrogen and oxygen atoms in total. The number of hydrogen-bond donors (Lipinski definition) is 1. The summed E-state index contributed by atoms with van der Waals surface area (Å²) >= 11 is 0. The van der Waals surface area contributed by atoms with E-state index in [1.807, 2.05) is 30.3 Å². The van der Waals surface area contributed by atoms with Crippen LogP contribution in [0.2, 0.25) is 0 Å². The van der Waals surface area contributed by atoms with Gasteiger partial charge in [0, 0.05) is 5.56 Å². The molecule has 0 radical (unpaired) electrons. The van der Waals surface area contributed by atoms with Gasteiger partial charge in [0.1, 0.15) is 12.4 Å². The van der Waals surface area contributed by atoms with Crippen LogP contribution in [-0.2, 0) is 0 Å². The van der Waals surface area contributed by atoms with E-state index in [2.05, 4.69) is 31.8 Å². The van der Waals surface area contributed by atoms with Crippen molar-refractivity contribution in [2.24, 2.45) is 0 Å². The zero-order valence-corrected chi connectivity index (χ0v) is 12.0. The van der Waals surface area contributed by atoms with Crippen LogP contribution in [-0.4, -0.2) is 17.8 Å². The first-order chi connectivity index (χ1) is 9.72. The zero-order chi connectivity index (χ0) is 14.4. The van der Waals surface area contributed by atoms with Gasteiger partial charge in [0.2, 0.25) is 0 Å². The third-order valence-corrected chi connectivity index (χ3v) is 3.16. The van der Waals surface area contributed by atoms with Gasteiger partial charge in [0.05, 0.1) is 6.10 Å². The Labute approximate surface area is 120 Å². The summed E-state index contributed by atoms with van der Waals surface area (Å²) in [5.74, 6) is 6.49. The van der Waals surface area contributed by atoms with Crippen LogP contribution < -0.4 is 4.74 Å². The maximum Gasteiger partial charge on any atom is 0.120 e. The number of rotatable bonds is 4. The third kappa shape index (κ3) is 3.76. The molecule has 0 aliphatic carbocycles. The molecule has 2 aromatic carbocycles. The Morgan fingerprint density at radius 1 is 1.15 bits per heavy atom. The Morgan fingerprint density at radius 2 is 1.90 bits per heavy atom. The van der Waals surface area contributed by atoms with Crippen LogP contribution in [0.15, 0.2) is 36.4 Å². The molecule has 20 heavy (non-hydrogen) atoms. The van der Waals surface area contributed by atoms with E-state index in [4.69, 9.17) is 9.84 Å². The molecule has 0 saturated carbocycles. The minimum absolute atomic E-state index is 0.111. The molecule has 0 bridgehead atoms.